The largest absolute Gasteiger partial charge is 0.493 e. The van der Waals surface area contributed by atoms with E-state index in [-0.39, 0.29) is 36.6 Å². The number of carbonyl (C=O) groups excluding carboxylic acids is 2. The Morgan fingerprint density at radius 2 is 1.90 bits per heavy atom. The van der Waals surface area contributed by atoms with E-state index in [1.165, 1.54) is 21.3 Å². The van der Waals surface area contributed by atoms with Gasteiger partial charge in [0.1, 0.15) is 0 Å². The van der Waals surface area contributed by atoms with Crippen LogP contribution in [0.15, 0.2) is 12.1 Å². The SMILES string of the molecule is COc1cc(N2CC(C(=O)NCCC3CCNC3)CC2=O)cc(OC)c1OC.Cl. The molecule has 162 valence electrons. The van der Waals surface area contributed by atoms with Crippen molar-refractivity contribution in [3.05, 3.63) is 12.1 Å². The van der Waals surface area contributed by atoms with Gasteiger partial charge in [0, 0.05) is 31.6 Å². The van der Waals surface area contributed by atoms with Gasteiger partial charge in [-0.05, 0) is 31.8 Å². The van der Waals surface area contributed by atoms with Crippen molar-refractivity contribution in [2.24, 2.45) is 11.8 Å². The van der Waals surface area contributed by atoms with Crippen LogP contribution in [0.4, 0.5) is 5.69 Å². The van der Waals surface area contributed by atoms with Crippen LogP contribution in [-0.2, 0) is 9.59 Å². The van der Waals surface area contributed by atoms with Crippen molar-refractivity contribution in [2.75, 3.05) is 52.4 Å². The maximum atomic E-state index is 12.6. The molecule has 0 radical (unpaired) electrons. The molecule has 0 bridgehead atoms. The monoisotopic (exact) mass is 427 g/mol. The fraction of sp³-hybridized carbons (Fsp3) is 0.600. The summed E-state index contributed by atoms with van der Waals surface area (Å²) in [7, 11) is 4.59. The van der Waals surface area contributed by atoms with Crippen molar-refractivity contribution in [2.45, 2.75) is 19.3 Å². The Bertz CT molecular complexity index is 699. The first-order chi connectivity index (χ1) is 13.6. The van der Waals surface area contributed by atoms with E-state index in [0.29, 0.717) is 41.9 Å². The van der Waals surface area contributed by atoms with Crippen molar-refractivity contribution < 1.29 is 23.8 Å². The quantitative estimate of drug-likeness (QED) is 0.655. The minimum Gasteiger partial charge on any atom is -0.493 e. The zero-order valence-corrected chi connectivity index (χ0v) is 18.0. The molecule has 0 aromatic heterocycles. The number of benzene rings is 1. The molecule has 0 spiro atoms. The first-order valence-electron chi connectivity index (χ1n) is 9.66. The van der Waals surface area contributed by atoms with Crippen LogP contribution >= 0.6 is 12.4 Å². The molecule has 0 saturated carbocycles. The fourth-order valence-electron chi connectivity index (χ4n) is 3.86. The molecule has 9 heteroatoms. The summed E-state index contributed by atoms with van der Waals surface area (Å²) in [6.45, 7) is 3.07. The third-order valence-corrected chi connectivity index (χ3v) is 5.47. The van der Waals surface area contributed by atoms with E-state index in [4.69, 9.17) is 14.2 Å². The van der Waals surface area contributed by atoms with E-state index >= 15 is 0 Å². The molecule has 29 heavy (non-hydrogen) atoms. The van der Waals surface area contributed by atoms with Crippen LogP contribution in [0.2, 0.25) is 0 Å². The Morgan fingerprint density at radius 1 is 1.21 bits per heavy atom. The lowest BCUT2D eigenvalue weighted by Crippen LogP contribution is -2.34. The highest BCUT2D eigenvalue weighted by atomic mass is 35.5. The number of nitrogens with one attached hydrogen (secondary N) is 2. The highest BCUT2D eigenvalue weighted by molar-refractivity contribution is 6.00. The van der Waals surface area contributed by atoms with Gasteiger partial charge in [-0.2, -0.15) is 0 Å². The third kappa shape index (κ3) is 5.25. The Labute approximate surface area is 177 Å². The molecular formula is C20H30ClN3O5. The van der Waals surface area contributed by atoms with Crippen LogP contribution < -0.4 is 29.7 Å². The van der Waals surface area contributed by atoms with Gasteiger partial charge in [0.25, 0.3) is 0 Å². The number of rotatable bonds is 8. The molecule has 2 fully saturated rings. The molecule has 3 rings (SSSR count). The normalized spacial score (nSPS) is 20.9. The smallest absolute Gasteiger partial charge is 0.227 e. The van der Waals surface area contributed by atoms with Crippen LogP contribution in [0.5, 0.6) is 17.2 Å². The number of hydrogen-bond acceptors (Lipinski definition) is 6. The summed E-state index contributed by atoms with van der Waals surface area (Å²) in [4.78, 5) is 26.7. The molecule has 1 aromatic rings. The van der Waals surface area contributed by atoms with Crippen molar-refractivity contribution in [1.82, 2.24) is 10.6 Å². The molecule has 2 aliphatic heterocycles. The number of methoxy groups -OCH3 is 3. The van der Waals surface area contributed by atoms with Crippen LogP contribution in [-0.4, -0.2) is 59.3 Å². The predicted octanol–water partition coefficient (Wildman–Crippen LogP) is 1.60. The molecule has 2 amide bonds. The van der Waals surface area contributed by atoms with E-state index in [1.807, 2.05) is 0 Å². The second-order valence-electron chi connectivity index (χ2n) is 7.23. The van der Waals surface area contributed by atoms with E-state index in [9.17, 15) is 9.59 Å². The van der Waals surface area contributed by atoms with Crippen LogP contribution in [0, 0.1) is 11.8 Å². The fourth-order valence-corrected chi connectivity index (χ4v) is 3.86. The van der Waals surface area contributed by atoms with Crippen molar-refractivity contribution in [1.29, 1.82) is 0 Å². The molecule has 0 aliphatic carbocycles. The van der Waals surface area contributed by atoms with Gasteiger partial charge in [-0.25, -0.2) is 0 Å². The van der Waals surface area contributed by atoms with Crippen LogP contribution in [0.1, 0.15) is 19.3 Å². The number of ether oxygens (including phenoxy) is 3. The number of hydrogen-bond donors (Lipinski definition) is 2. The number of halogens is 1. The van der Waals surface area contributed by atoms with Crippen LogP contribution in [0.25, 0.3) is 0 Å². The minimum absolute atomic E-state index is 0. The van der Waals surface area contributed by atoms with Gasteiger partial charge in [0.05, 0.1) is 32.9 Å². The molecule has 2 unspecified atom stereocenters. The molecule has 2 atom stereocenters. The van der Waals surface area contributed by atoms with Crippen molar-refractivity contribution in [3.63, 3.8) is 0 Å². The van der Waals surface area contributed by atoms with Crippen molar-refractivity contribution >= 4 is 29.9 Å². The van der Waals surface area contributed by atoms with E-state index < -0.39 is 0 Å². The van der Waals surface area contributed by atoms with Crippen LogP contribution in [0.3, 0.4) is 0 Å². The van der Waals surface area contributed by atoms with Gasteiger partial charge in [0.15, 0.2) is 11.5 Å². The number of nitrogens with zero attached hydrogens (tertiary/aromatic N) is 1. The predicted molar refractivity (Wildman–Crippen MR) is 112 cm³/mol. The molecule has 2 N–H and O–H groups in total. The average Bonchev–Trinajstić information content (AvgIpc) is 3.36. The molecule has 2 heterocycles. The second-order valence-corrected chi connectivity index (χ2v) is 7.23. The number of anilines is 1. The molecular weight excluding hydrogens is 398 g/mol. The Kier molecular flexibility index (Phi) is 8.40. The summed E-state index contributed by atoms with van der Waals surface area (Å²) in [5.41, 5.74) is 0.631. The summed E-state index contributed by atoms with van der Waals surface area (Å²) in [5.74, 6) is 1.54. The molecule has 1 aromatic carbocycles. The lowest BCUT2D eigenvalue weighted by Gasteiger charge is -2.20. The zero-order valence-electron chi connectivity index (χ0n) is 17.2. The zero-order chi connectivity index (χ0) is 20.1. The van der Waals surface area contributed by atoms with E-state index in [0.717, 1.165) is 25.9 Å². The van der Waals surface area contributed by atoms with Gasteiger partial charge in [-0.1, -0.05) is 0 Å². The van der Waals surface area contributed by atoms with Gasteiger partial charge in [0.2, 0.25) is 17.6 Å². The minimum atomic E-state index is -0.353. The standard InChI is InChI=1S/C20H29N3O5.ClH/c1-26-16-9-15(10-17(27-2)19(16)28-3)23-12-14(8-18(23)24)20(25)22-7-5-13-4-6-21-11-13;/h9-10,13-14,21H,4-8,11-12H2,1-3H3,(H,22,25);1H. The van der Waals surface area contributed by atoms with Gasteiger partial charge < -0.3 is 29.7 Å². The third-order valence-electron chi connectivity index (χ3n) is 5.47. The highest BCUT2D eigenvalue weighted by Gasteiger charge is 2.36. The Hall–Kier alpha value is -2.19. The summed E-state index contributed by atoms with van der Waals surface area (Å²) >= 11 is 0. The first-order valence-corrected chi connectivity index (χ1v) is 9.66. The summed E-state index contributed by atoms with van der Waals surface area (Å²) in [6, 6.07) is 3.46. The summed E-state index contributed by atoms with van der Waals surface area (Å²) in [5, 5.41) is 6.32. The molecule has 8 nitrogen and oxygen atoms in total. The highest BCUT2D eigenvalue weighted by Crippen LogP contribution is 2.42. The molecule has 2 saturated heterocycles. The van der Waals surface area contributed by atoms with Crippen molar-refractivity contribution in [3.8, 4) is 17.2 Å². The second kappa shape index (κ2) is 10.5. The number of amides is 2. The summed E-state index contributed by atoms with van der Waals surface area (Å²) < 4.78 is 16.1. The van der Waals surface area contributed by atoms with Gasteiger partial charge in [-0.15, -0.1) is 12.4 Å². The first kappa shape index (κ1) is 23.1. The molecule has 2 aliphatic rings. The lowest BCUT2D eigenvalue weighted by molar-refractivity contribution is -0.126. The Balaban J connectivity index is 0.00000300. The topological polar surface area (TPSA) is 89.1 Å². The average molecular weight is 428 g/mol. The summed E-state index contributed by atoms with van der Waals surface area (Å²) in [6.07, 6.45) is 2.33. The maximum Gasteiger partial charge on any atom is 0.227 e. The Morgan fingerprint density at radius 3 is 2.45 bits per heavy atom. The van der Waals surface area contributed by atoms with Gasteiger partial charge in [-0.3, -0.25) is 9.59 Å². The number of carbonyl (C=O) groups is 2. The van der Waals surface area contributed by atoms with E-state index in [1.54, 1.807) is 17.0 Å². The maximum absolute atomic E-state index is 12.6. The lowest BCUT2D eigenvalue weighted by atomic mass is 10.0. The van der Waals surface area contributed by atoms with E-state index in [2.05, 4.69) is 10.6 Å². The van der Waals surface area contributed by atoms with Gasteiger partial charge >= 0.3 is 0 Å².